The summed E-state index contributed by atoms with van der Waals surface area (Å²) in [7, 11) is 1.45. The van der Waals surface area contributed by atoms with Crippen LogP contribution in [-0.4, -0.2) is 40.9 Å². The summed E-state index contributed by atoms with van der Waals surface area (Å²) in [5, 5.41) is 22.8. The van der Waals surface area contributed by atoms with Gasteiger partial charge in [-0.25, -0.2) is 4.39 Å². The van der Waals surface area contributed by atoms with E-state index >= 15 is 0 Å². The van der Waals surface area contributed by atoms with Gasteiger partial charge in [-0.1, -0.05) is 12.1 Å². The molecule has 0 saturated carbocycles. The van der Waals surface area contributed by atoms with E-state index in [1.54, 1.807) is 18.2 Å². The molecule has 116 valence electrons. The number of hydrogen-bond acceptors (Lipinski definition) is 5. The van der Waals surface area contributed by atoms with Crippen molar-refractivity contribution < 1.29 is 14.3 Å². The third-order valence-electron chi connectivity index (χ3n) is 3.12. The Bertz CT molecular complexity index is 678. The smallest absolute Gasteiger partial charge is 0.250 e. The molecule has 22 heavy (non-hydrogen) atoms. The quantitative estimate of drug-likeness (QED) is 0.770. The van der Waals surface area contributed by atoms with Crippen LogP contribution >= 0.6 is 0 Å². The zero-order valence-corrected chi connectivity index (χ0v) is 12.3. The molecule has 0 bridgehead atoms. The van der Waals surface area contributed by atoms with Gasteiger partial charge in [0.25, 0.3) is 0 Å². The third-order valence-corrected chi connectivity index (χ3v) is 3.12. The maximum absolute atomic E-state index is 13.2. The lowest BCUT2D eigenvalue weighted by atomic mass is 10.1. The maximum Gasteiger partial charge on any atom is 0.250 e. The van der Waals surface area contributed by atoms with Gasteiger partial charge in [0.05, 0.1) is 12.2 Å². The minimum absolute atomic E-state index is 0.0223. The average molecular weight is 304 g/mol. The fourth-order valence-corrected chi connectivity index (χ4v) is 1.90. The molecule has 0 saturated heterocycles. The van der Waals surface area contributed by atoms with Crippen LogP contribution in [0.5, 0.6) is 0 Å². The van der Waals surface area contributed by atoms with E-state index in [9.17, 15) is 14.3 Å². The number of aliphatic hydroxyl groups is 1. The number of nitrogens with one attached hydrogen (secondary N) is 2. The number of carbonyl (C=O) groups excluding carboxylic acids is 1. The number of aromatic nitrogens is 2. The van der Waals surface area contributed by atoms with Crippen molar-refractivity contribution in [1.29, 1.82) is 0 Å². The summed E-state index contributed by atoms with van der Waals surface area (Å²) in [5.41, 5.74) is 1.96. The van der Waals surface area contributed by atoms with Gasteiger partial charge in [0.2, 0.25) is 5.91 Å². The molecule has 2 aromatic rings. The van der Waals surface area contributed by atoms with Gasteiger partial charge in [-0.2, -0.15) is 0 Å². The first-order valence-electron chi connectivity index (χ1n) is 6.75. The van der Waals surface area contributed by atoms with Crippen LogP contribution in [0.15, 0.2) is 30.3 Å². The van der Waals surface area contributed by atoms with Crippen molar-refractivity contribution in [3.8, 4) is 11.3 Å². The van der Waals surface area contributed by atoms with E-state index in [1.165, 1.54) is 19.2 Å². The molecule has 3 N–H and O–H groups in total. The molecule has 0 aliphatic carbocycles. The Labute approximate surface area is 127 Å². The number of nitrogens with zero attached hydrogens (tertiary/aromatic N) is 2. The number of aliphatic hydroxyl groups excluding tert-OH is 1. The number of rotatable bonds is 5. The van der Waals surface area contributed by atoms with Crippen molar-refractivity contribution in [2.24, 2.45) is 0 Å². The molecule has 1 aromatic carbocycles. The van der Waals surface area contributed by atoms with Gasteiger partial charge < -0.3 is 15.7 Å². The van der Waals surface area contributed by atoms with Crippen LogP contribution in [0.4, 0.5) is 10.2 Å². The van der Waals surface area contributed by atoms with Crippen molar-refractivity contribution in [3.05, 3.63) is 41.7 Å². The molecule has 0 aliphatic heterocycles. The molecule has 2 rings (SSSR count). The molecular formula is C15H17FN4O2. The first-order chi connectivity index (χ1) is 10.5. The Kier molecular flexibility index (Phi) is 5.00. The van der Waals surface area contributed by atoms with Gasteiger partial charge in [0, 0.05) is 12.6 Å². The standard InChI is InChI=1S/C15H17FN4O2/c1-9-6-12(10-4-3-5-11(16)7-10)19-20-14(9)18-8-13(21)15(22)17-2/h3-7,13,21H,8H2,1-2H3,(H,17,22)(H,18,20). The number of aryl methyl sites for hydroxylation is 1. The van der Waals surface area contributed by atoms with E-state index in [0.29, 0.717) is 17.1 Å². The van der Waals surface area contributed by atoms with Crippen molar-refractivity contribution >= 4 is 11.7 Å². The Morgan fingerprint density at radius 3 is 2.77 bits per heavy atom. The topological polar surface area (TPSA) is 87.1 Å². The second-order valence-corrected chi connectivity index (χ2v) is 4.78. The highest BCUT2D eigenvalue weighted by Gasteiger charge is 2.14. The van der Waals surface area contributed by atoms with Crippen molar-refractivity contribution in [3.63, 3.8) is 0 Å². The lowest BCUT2D eigenvalue weighted by molar-refractivity contribution is -0.128. The first kappa shape index (κ1) is 15.8. The molecule has 0 radical (unpaired) electrons. The van der Waals surface area contributed by atoms with E-state index in [-0.39, 0.29) is 12.4 Å². The molecule has 1 atom stereocenters. The van der Waals surface area contributed by atoms with Gasteiger partial charge in [0.1, 0.15) is 11.9 Å². The molecule has 1 amide bonds. The molecule has 1 unspecified atom stereocenters. The normalized spacial score (nSPS) is 11.8. The molecule has 7 heteroatoms. The summed E-state index contributed by atoms with van der Waals surface area (Å²) >= 11 is 0. The van der Waals surface area contributed by atoms with Crippen LogP contribution < -0.4 is 10.6 Å². The van der Waals surface area contributed by atoms with Crippen LogP contribution in [0.25, 0.3) is 11.3 Å². The third kappa shape index (κ3) is 3.76. The fourth-order valence-electron chi connectivity index (χ4n) is 1.90. The van der Waals surface area contributed by atoms with E-state index in [2.05, 4.69) is 20.8 Å². The molecule has 0 fully saturated rings. The van der Waals surface area contributed by atoms with Gasteiger partial charge in [0.15, 0.2) is 5.82 Å². The molecule has 0 aliphatic rings. The van der Waals surface area contributed by atoms with Crippen molar-refractivity contribution in [2.75, 3.05) is 18.9 Å². The Hall–Kier alpha value is -2.54. The van der Waals surface area contributed by atoms with Crippen LogP contribution in [0, 0.1) is 12.7 Å². The summed E-state index contributed by atoms with van der Waals surface area (Å²) < 4.78 is 13.2. The van der Waals surface area contributed by atoms with Crippen molar-refractivity contribution in [2.45, 2.75) is 13.0 Å². The lowest BCUT2D eigenvalue weighted by Gasteiger charge is -2.12. The van der Waals surface area contributed by atoms with Gasteiger partial charge in [-0.15, -0.1) is 10.2 Å². The highest BCUT2D eigenvalue weighted by atomic mass is 19.1. The molecule has 1 heterocycles. The number of carbonyl (C=O) groups is 1. The summed E-state index contributed by atoms with van der Waals surface area (Å²) in [4.78, 5) is 11.2. The zero-order chi connectivity index (χ0) is 16.1. The predicted molar refractivity (Wildman–Crippen MR) is 80.7 cm³/mol. The number of likely N-dealkylation sites (N-methyl/N-ethyl adjacent to an activating group) is 1. The predicted octanol–water partition coefficient (Wildman–Crippen LogP) is 1.11. The molecule has 0 spiro atoms. The monoisotopic (exact) mass is 304 g/mol. The van der Waals surface area contributed by atoms with Gasteiger partial charge in [-0.3, -0.25) is 4.79 Å². The highest BCUT2D eigenvalue weighted by Crippen LogP contribution is 2.20. The maximum atomic E-state index is 13.2. The number of hydrogen-bond donors (Lipinski definition) is 3. The number of halogens is 1. The zero-order valence-electron chi connectivity index (χ0n) is 12.3. The summed E-state index contributed by atoms with van der Waals surface area (Å²) in [5.74, 6) is -0.356. The molecular weight excluding hydrogens is 287 g/mol. The fraction of sp³-hybridized carbons (Fsp3) is 0.267. The Balaban J connectivity index is 2.11. The van der Waals surface area contributed by atoms with Crippen LogP contribution in [0.2, 0.25) is 0 Å². The number of benzene rings is 1. The second-order valence-electron chi connectivity index (χ2n) is 4.78. The molecule has 1 aromatic heterocycles. The molecule has 6 nitrogen and oxygen atoms in total. The van der Waals surface area contributed by atoms with Gasteiger partial charge in [-0.05, 0) is 30.7 Å². The first-order valence-corrected chi connectivity index (χ1v) is 6.75. The van der Waals surface area contributed by atoms with E-state index in [4.69, 9.17) is 0 Å². The minimum Gasteiger partial charge on any atom is -0.381 e. The average Bonchev–Trinajstić information content (AvgIpc) is 2.52. The van der Waals surface area contributed by atoms with Crippen LogP contribution in [0.1, 0.15) is 5.56 Å². The van der Waals surface area contributed by atoms with E-state index < -0.39 is 12.0 Å². The number of amides is 1. The highest BCUT2D eigenvalue weighted by molar-refractivity contribution is 5.80. The van der Waals surface area contributed by atoms with Crippen molar-refractivity contribution in [1.82, 2.24) is 15.5 Å². The largest absolute Gasteiger partial charge is 0.381 e. The SMILES string of the molecule is CNC(=O)C(O)CNc1nnc(-c2cccc(F)c2)cc1C. The van der Waals surface area contributed by atoms with E-state index in [1.807, 2.05) is 6.92 Å². The number of anilines is 1. The Morgan fingerprint density at radius 2 is 2.14 bits per heavy atom. The summed E-state index contributed by atoms with van der Waals surface area (Å²) in [6.45, 7) is 1.83. The van der Waals surface area contributed by atoms with Crippen LogP contribution in [0.3, 0.4) is 0 Å². The lowest BCUT2D eigenvalue weighted by Crippen LogP contribution is -2.36. The van der Waals surface area contributed by atoms with Crippen LogP contribution in [-0.2, 0) is 4.79 Å². The van der Waals surface area contributed by atoms with E-state index in [0.717, 1.165) is 5.56 Å². The van der Waals surface area contributed by atoms with Gasteiger partial charge >= 0.3 is 0 Å². The summed E-state index contributed by atoms with van der Waals surface area (Å²) in [6, 6.07) is 7.85. The summed E-state index contributed by atoms with van der Waals surface area (Å²) in [6.07, 6.45) is -1.17. The Morgan fingerprint density at radius 1 is 1.36 bits per heavy atom. The minimum atomic E-state index is -1.17. The second kappa shape index (κ2) is 6.95.